The number of hydrogen-bond donors (Lipinski definition) is 0. The van der Waals surface area contributed by atoms with Crippen molar-refractivity contribution in [2.45, 2.75) is 34.1 Å². The molecule has 2 heteroatoms. The molecule has 0 aromatic heterocycles. The molecule has 0 rings (SSSR count). The van der Waals surface area contributed by atoms with Gasteiger partial charge in [-0.05, 0) is 18.8 Å². The largest absolute Gasteiger partial charge is 0.374 e. The molecule has 0 saturated carbocycles. The van der Waals surface area contributed by atoms with Gasteiger partial charge < -0.3 is 4.74 Å². The quantitative estimate of drug-likeness (QED) is 0.585. The van der Waals surface area contributed by atoms with Crippen LogP contribution in [-0.2, 0) is 9.53 Å². The molecule has 0 spiro atoms. The summed E-state index contributed by atoms with van der Waals surface area (Å²) in [6, 6.07) is 0. The van der Waals surface area contributed by atoms with E-state index in [1.54, 1.807) is 0 Å². The van der Waals surface area contributed by atoms with Crippen LogP contribution in [0.2, 0.25) is 0 Å². The lowest BCUT2D eigenvalue weighted by molar-refractivity contribution is -0.121. The topological polar surface area (TPSA) is 26.3 Å². The van der Waals surface area contributed by atoms with Gasteiger partial charge in [-0.1, -0.05) is 20.8 Å². The summed E-state index contributed by atoms with van der Waals surface area (Å²) < 4.78 is 5.12. The van der Waals surface area contributed by atoms with E-state index in [0.29, 0.717) is 12.0 Å². The Morgan fingerprint density at radius 3 is 2.27 bits per heavy atom. The van der Waals surface area contributed by atoms with Crippen LogP contribution in [0.25, 0.3) is 0 Å². The van der Waals surface area contributed by atoms with Crippen LogP contribution in [0.4, 0.5) is 0 Å². The van der Waals surface area contributed by atoms with Crippen molar-refractivity contribution < 1.29 is 9.53 Å². The molecule has 0 aliphatic carbocycles. The van der Waals surface area contributed by atoms with E-state index >= 15 is 0 Å². The number of carbonyl (C=O) groups excluding carboxylic acids is 1. The van der Waals surface area contributed by atoms with Crippen molar-refractivity contribution in [2.24, 2.45) is 5.41 Å². The molecule has 0 amide bonds. The number of ketones is 1. The number of hydrogen-bond acceptors (Lipinski definition) is 2. The number of ether oxygens (including phenoxy) is 1. The molecule has 0 atom stereocenters. The second-order valence-electron chi connectivity index (χ2n) is 4.07. The Morgan fingerprint density at radius 2 is 1.91 bits per heavy atom. The van der Waals surface area contributed by atoms with E-state index < -0.39 is 0 Å². The first-order chi connectivity index (χ1) is 4.92. The van der Waals surface area contributed by atoms with Gasteiger partial charge in [-0.2, -0.15) is 0 Å². The van der Waals surface area contributed by atoms with E-state index in [-0.39, 0.29) is 12.4 Å². The Labute approximate surface area is 68.9 Å². The van der Waals surface area contributed by atoms with Crippen molar-refractivity contribution in [2.75, 3.05) is 13.2 Å². The molecule has 0 unspecified atom stereocenters. The molecular weight excluding hydrogens is 140 g/mol. The molecule has 0 fully saturated rings. The summed E-state index contributed by atoms with van der Waals surface area (Å²) in [7, 11) is 0. The van der Waals surface area contributed by atoms with Crippen molar-refractivity contribution in [3.05, 3.63) is 0 Å². The zero-order valence-corrected chi connectivity index (χ0v) is 7.94. The smallest absolute Gasteiger partial charge is 0.155 e. The van der Waals surface area contributed by atoms with Crippen LogP contribution in [0.1, 0.15) is 34.1 Å². The van der Waals surface area contributed by atoms with Crippen LogP contribution in [-0.4, -0.2) is 19.0 Å². The Bertz CT molecular complexity index is 122. The molecule has 0 bridgehead atoms. The van der Waals surface area contributed by atoms with Crippen molar-refractivity contribution in [1.29, 1.82) is 0 Å². The Morgan fingerprint density at radius 1 is 1.36 bits per heavy atom. The molecule has 0 aromatic rings. The maximum atomic E-state index is 10.4. The molecule has 0 saturated heterocycles. The van der Waals surface area contributed by atoms with Gasteiger partial charge in [-0.15, -0.1) is 0 Å². The highest BCUT2D eigenvalue weighted by Gasteiger charge is 2.09. The highest BCUT2D eigenvalue weighted by atomic mass is 16.5. The fourth-order valence-electron chi connectivity index (χ4n) is 0.594. The molecule has 0 heterocycles. The summed E-state index contributed by atoms with van der Waals surface area (Å²) in [6.45, 7) is 8.95. The minimum atomic E-state index is 0.0962. The van der Waals surface area contributed by atoms with Crippen molar-refractivity contribution in [1.82, 2.24) is 0 Å². The summed E-state index contributed by atoms with van der Waals surface area (Å²) in [5.41, 5.74) is 0.302. The molecule has 0 radical (unpaired) electrons. The first kappa shape index (κ1) is 10.6. The van der Waals surface area contributed by atoms with Gasteiger partial charge in [-0.25, -0.2) is 0 Å². The van der Waals surface area contributed by atoms with Crippen LogP contribution in [0.15, 0.2) is 0 Å². The predicted molar refractivity (Wildman–Crippen MR) is 45.6 cm³/mol. The fourth-order valence-corrected chi connectivity index (χ4v) is 0.594. The van der Waals surface area contributed by atoms with Crippen LogP contribution < -0.4 is 0 Å². The SMILES string of the molecule is CC(=O)COCCC(C)(C)C. The zero-order chi connectivity index (χ0) is 8.91. The fraction of sp³-hybridized carbons (Fsp3) is 0.889. The second-order valence-corrected chi connectivity index (χ2v) is 4.07. The summed E-state index contributed by atoms with van der Waals surface area (Å²) in [4.78, 5) is 10.4. The van der Waals surface area contributed by atoms with Crippen LogP contribution in [0.3, 0.4) is 0 Å². The van der Waals surface area contributed by atoms with E-state index in [1.165, 1.54) is 6.92 Å². The standard InChI is InChI=1S/C9H18O2/c1-8(10)7-11-6-5-9(2,3)4/h5-7H2,1-4H3. The van der Waals surface area contributed by atoms with Gasteiger partial charge in [0, 0.05) is 6.61 Å². The third-order valence-electron chi connectivity index (χ3n) is 1.30. The monoisotopic (exact) mass is 158 g/mol. The summed E-state index contributed by atoms with van der Waals surface area (Å²) in [6.07, 6.45) is 1.00. The molecule has 2 nitrogen and oxygen atoms in total. The molecule has 11 heavy (non-hydrogen) atoms. The van der Waals surface area contributed by atoms with Gasteiger partial charge in [0.1, 0.15) is 6.61 Å². The van der Waals surface area contributed by atoms with E-state index in [4.69, 9.17) is 4.74 Å². The highest BCUT2D eigenvalue weighted by molar-refractivity contribution is 5.76. The lowest BCUT2D eigenvalue weighted by Gasteiger charge is -2.17. The summed E-state index contributed by atoms with van der Waals surface area (Å²) in [5, 5.41) is 0. The van der Waals surface area contributed by atoms with Crippen LogP contribution in [0, 0.1) is 5.41 Å². The Balaban J connectivity index is 3.22. The van der Waals surface area contributed by atoms with Gasteiger partial charge in [0.25, 0.3) is 0 Å². The third-order valence-corrected chi connectivity index (χ3v) is 1.30. The highest BCUT2D eigenvalue weighted by Crippen LogP contribution is 2.17. The Kier molecular flexibility index (Phi) is 4.34. The molecule has 0 aliphatic heterocycles. The minimum absolute atomic E-state index is 0.0962. The van der Waals surface area contributed by atoms with Crippen molar-refractivity contribution in [3.63, 3.8) is 0 Å². The average Bonchev–Trinajstić information content (AvgIpc) is 1.78. The van der Waals surface area contributed by atoms with Gasteiger partial charge in [0.15, 0.2) is 5.78 Å². The normalized spacial score (nSPS) is 11.6. The summed E-state index contributed by atoms with van der Waals surface area (Å²) in [5.74, 6) is 0.0962. The number of Topliss-reactive ketones (excluding diaryl/α,β-unsaturated/α-hetero) is 1. The van der Waals surface area contributed by atoms with Crippen LogP contribution >= 0.6 is 0 Å². The second kappa shape index (κ2) is 4.50. The average molecular weight is 158 g/mol. The first-order valence-corrected chi connectivity index (χ1v) is 3.99. The van der Waals surface area contributed by atoms with E-state index in [0.717, 1.165) is 6.42 Å². The van der Waals surface area contributed by atoms with Gasteiger partial charge >= 0.3 is 0 Å². The van der Waals surface area contributed by atoms with Crippen molar-refractivity contribution in [3.8, 4) is 0 Å². The first-order valence-electron chi connectivity index (χ1n) is 3.99. The lowest BCUT2D eigenvalue weighted by atomic mass is 9.93. The maximum Gasteiger partial charge on any atom is 0.155 e. The zero-order valence-electron chi connectivity index (χ0n) is 7.94. The maximum absolute atomic E-state index is 10.4. The molecule has 66 valence electrons. The van der Waals surface area contributed by atoms with E-state index in [2.05, 4.69) is 20.8 Å². The van der Waals surface area contributed by atoms with E-state index in [9.17, 15) is 4.79 Å². The molecular formula is C9H18O2. The Hall–Kier alpha value is -0.370. The van der Waals surface area contributed by atoms with Crippen LogP contribution in [0.5, 0.6) is 0 Å². The van der Waals surface area contributed by atoms with Gasteiger partial charge in [0.05, 0.1) is 0 Å². The van der Waals surface area contributed by atoms with Crippen molar-refractivity contribution >= 4 is 5.78 Å². The summed E-state index contributed by atoms with van der Waals surface area (Å²) >= 11 is 0. The number of carbonyl (C=O) groups is 1. The minimum Gasteiger partial charge on any atom is -0.374 e. The lowest BCUT2D eigenvalue weighted by Crippen LogP contribution is -2.12. The molecule has 0 aliphatic rings. The van der Waals surface area contributed by atoms with Gasteiger partial charge in [0.2, 0.25) is 0 Å². The third kappa shape index (κ3) is 9.63. The molecule has 0 aromatic carbocycles. The predicted octanol–water partition coefficient (Wildman–Crippen LogP) is 2.03. The number of rotatable bonds is 4. The van der Waals surface area contributed by atoms with Gasteiger partial charge in [-0.3, -0.25) is 4.79 Å². The molecule has 0 N–H and O–H groups in total. The van der Waals surface area contributed by atoms with E-state index in [1.807, 2.05) is 0 Å².